The average Bonchev–Trinajstić information content (AvgIpc) is 2.26. The van der Waals surface area contributed by atoms with Crippen molar-refractivity contribution in [2.45, 2.75) is 12.8 Å². The van der Waals surface area contributed by atoms with Gasteiger partial charge >= 0.3 is 0 Å². The number of fused-ring (bicyclic) bond motifs is 1. The quantitative estimate of drug-likeness (QED) is 0.760. The van der Waals surface area contributed by atoms with Gasteiger partial charge in [-0.05, 0) is 24.5 Å². The first-order valence-electron chi connectivity index (χ1n) is 5.10. The maximum Gasteiger partial charge on any atom is 0.121 e. The van der Waals surface area contributed by atoms with Crippen LogP contribution in [0.4, 0.5) is 5.69 Å². The molecule has 0 fully saturated rings. The lowest BCUT2D eigenvalue weighted by atomic mass is 10.0. The van der Waals surface area contributed by atoms with Gasteiger partial charge in [0.2, 0.25) is 0 Å². The summed E-state index contributed by atoms with van der Waals surface area (Å²) in [6.45, 7) is 2.21. The summed E-state index contributed by atoms with van der Waals surface area (Å²) in [4.78, 5) is 0. The molecule has 3 N–H and O–H groups in total. The summed E-state index contributed by atoms with van der Waals surface area (Å²) in [5.41, 5.74) is 7.97. The van der Waals surface area contributed by atoms with Gasteiger partial charge in [-0.2, -0.15) is 0 Å². The molecule has 0 unspecified atom stereocenters. The molecule has 1 aromatic rings. The number of nitrogens with two attached hydrogens (primary N) is 1. The molecule has 76 valence electrons. The monoisotopic (exact) mass is 192 g/mol. The molecule has 0 atom stereocenters. The zero-order chi connectivity index (χ0) is 9.80. The number of nitrogens with one attached hydrogen (secondary N) is 1. The predicted molar refractivity (Wildman–Crippen MR) is 57.8 cm³/mol. The van der Waals surface area contributed by atoms with Crippen LogP contribution in [-0.4, -0.2) is 19.7 Å². The van der Waals surface area contributed by atoms with Crippen LogP contribution in [0.15, 0.2) is 18.2 Å². The molecule has 1 aromatic carbocycles. The molecule has 1 aliphatic rings. The molecule has 0 radical (unpaired) electrons. The zero-order valence-electron chi connectivity index (χ0n) is 8.25. The van der Waals surface area contributed by atoms with Crippen molar-refractivity contribution in [2.75, 3.05) is 25.0 Å². The number of hydrogen-bond donors (Lipinski definition) is 2. The van der Waals surface area contributed by atoms with E-state index in [0.29, 0.717) is 13.2 Å². The van der Waals surface area contributed by atoms with Gasteiger partial charge in [-0.1, -0.05) is 6.07 Å². The molecular weight excluding hydrogens is 176 g/mol. The molecule has 0 aliphatic carbocycles. The molecule has 0 spiro atoms. The molecule has 0 aromatic heterocycles. The number of aryl methyl sites for hydroxylation is 1. The Morgan fingerprint density at radius 1 is 1.43 bits per heavy atom. The summed E-state index contributed by atoms with van der Waals surface area (Å²) < 4.78 is 5.46. The Hall–Kier alpha value is -1.22. The topological polar surface area (TPSA) is 47.3 Å². The van der Waals surface area contributed by atoms with E-state index in [9.17, 15) is 0 Å². The van der Waals surface area contributed by atoms with Crippen LogP contribution in [0.2, 0.25) is 0 Å². The largest absolute Gasteiger partial charge is 0.492 e. The first-order valence-corrected chi connectivity index (χ1v) is 5.10. The fourth-order valence-corrected chi connectivity index (χ4v) is 1.71. The third-order valence-electron chi connectivity index (χ3n) is 2.41. The number of hydrogen-bond acceptors (Lipinski definition) is 3. The zero-order valence-corrected chi connectivity index (χ0v) is 8.25. The molecule has 0 saturated carbocycles. The number of benzene rings is 1. The number of ether oxygens (including phenoxy) is 1. The van der Waals surface area contributed by atoms with Crippen LogP contribution >= 0.6 is 0 Å². The van der Waals surface area contributed by atoms with Crippen molar-refractivity contribution < 1.29 is 4.74 Å². The summed E-state index contributed by atoms with van der Waals surface area (Å²) in [5.74, 6) is 0.906. The van der Waals surface area contributed by atoms with Crippen LogP contribution in [0.1, 0.15) is 12.0 Å². The SMILES string of the molecule is NCCOc1ccc2c(c1)NCCC2. The molecule has 0 amide bonds. The van der Waals surface area contributed by atoms with Gasteiger partial charge in [0.25, 0.3) is 0 Å². The van der Waals surface area contributed by atoms with E-state index < -0.39 is 0 Å². The summed E-state index contributed by atoms with van der Waals surface area (Å²) in [5, 5.41) is 3.37. The molecular formula is C11H16N2O. The number of rotatable bonds is 3. The predicted octanol–water partition coefficient (Wildman–Crippen LogP) is 1.38. The van der Waals surface area contributed by atoms with E-state index >= 15 is 0 Å². The third kappa shape index (κ3) is 1.99. The maximum absolute atomic E-state index is 5.46. The van der Waals surface area contributed by atoms with Crippen LogP contribution < -0.4 is 15.8 Å². The van der Waals surface area contributed by atoms with E-state index in [-0.39, 0.29) is 0 Å². The molecule has 3 heteroatoms. The van der Waals surface area contributed by atoms with E-state index in [1.165, 1.54) is 24.1 Å². The van der Waals surface area contributed by atoms with Gasteiger partial charge in [-0.3, -0.25) is 0 Å². The maximum atomic E-state index is 5.46. The van der Waals surface area contributed by atoms with Gasteiger partial charge < -0.3 is 15.8 Å². The average molecular weight is 192 g/mol. The second-order valence-corrected chi connectivity index (χ2v) is 3.49. The van der Waals surface area contributed by atoms with E-state index in [1.807, 2.05) is 6.07 Å². The lowest BCUT2D eigenvalue weighted by molar-refractivity contribution is 0.328. The Bertz CT molecular complexity index is 312. The minimum Gasteiger partial charge on any atom is -0.492 e. The van der Waals surface area contributed by atoms with Gasteiger partial charge in [0, 0.05) is 24.8 Å². The van der Waals surface area contributed by atoms with Crippen LogP contribution in [0.3, 0.4) is 0 Å². The van der Waals surface area contributed by atoms with Crippen molar-refractivity contribution in [2.24, 2.45) is 5.73 Å². The Balaban J connectivity index is 2.12. The standard InChI is InChI=1S/C11H16N2O/c12-5-7-14-10-4-3-9-2-1-6-13-11(9)8-10/h3-4,8,13H,1-2,5-7,12H2. The molecule has 0 saturated heterocycles. The summed E-state index contributed by atoms with van der Waals surface area (Å²) in [6, 6.07) is 6.21. The Morgan fingerprint density at radius 3 is 3.21 bits per heavy atom. The van der Waals surface area contributed by atoms with Gasteiger partial charge in [-0.15, -0.1) is 0 Å². The van der Waals surface area contributed by atoms with E-state index in [0.717, 1.165) is 12.3 Å². The first-order chi connectivity index (χ1) is 6.90. The smallest absolute Gasteiger partial charge is 0.121 e. The summed E-state index contributed by atoms with van der Waals surface area (Å²) >= 11 is 0. The molecule has 2 rings (SSSR count). The normalized spacial score (nSPS) is 14.4. The second-order valence-electron chi connectivity index (χ2n) is 3.49. The van der Waals surface area contributed by atoms with Crippen LogP contribution in [0.5, 0.6) is 5.75 Å². The van der Waals surface area contributed by atoms with E-state index in [1.54, 1.807) is 0 Å². The fraction of sp³-hybridized carbons (Fsp3) is 0.455. The van der Waals surface area contributed by atoms with E-state index in [2.05, 4.69) is 17.4 Å². The third-order valence-corrected chi connectivity index (χ3v) is 2.41. The molecule has 14 heavy (non-hydrogen) atoms. The second kappa shape index (κ2) is 4.33. The minimum absolute atomic E-state index is 0.560. The van der Waals surface area contributed by atoms with Gasteiger partial charge in [-0.25, -0.2) is 0 Å². The van der Waals surface area contributed by atoms with Crippen molar-refractivity contribution in [3.05, 3.63) is 23.8 Å². The van der Waals surface area contributed by atoms with Gasteiger partial charge in [0.1, 0.15) is 12.4 Å². The lowest BCUT2D eigenvalue weighted by Crippen LogP contribution is -2.13. The Morgan fingerprint density at radius 2 is 2.36 bits per heavy atom. The molecule has 3 nitrogen and oxygen atoms in total. The van der Waals surface area contributed by atoms with Crippen molar-refractivity contribution >= 4 is 5.69 Å². The van der Waals surface area contributed by atoms with E-state index in [4.69, 9.17) is 10.5 Å². The van der Waals surface area contributed by atoms with Crippen LogP contribution in [0, 0.1) is 0 Å². The molecule has 1 aliphatic heterocycles. The van der Waals surface area contributed by atoms with Crippen molar-refractivity contribution in [1.29, 1.82) is 0 Å². The minimum atomic E-state index is 0.560. The highest BCUT2D eigenvalue weighted by Crippen LogP contribution is 2.26. The number of anilines is 1. The van der Waals surface area contributed by atoms with Crippen molar-refractivity contribution in [3.63, 3.8) is 0 Å². The van der Waals surface area contributed by atoms with Crippen LogP contribution in [0.25, 0.3) is 0 Å². The van der Waals surface area contributed by atoms with Gasteiger partial charge in [0.05, 0.1) is 0 Å². The summed E-state index contributed by atoms with van der Waals surface area (Å²) in [7, 11) is 0. The lowest BCUT2D eigenvalue weighted by Gasteiger charge is -2.18. The summed E-state index contributed by atoms with van der Waals surface area (Å²) in [6.07, 6.45) is 2.38. The highest BCUT2D eigenvalue weighted by molar-refractivity contribution is 5.56. The van der Waals surface area contributed by atoms with Crippen molar-refractivity contribution in [3.8, 4) is 5.75 Å². The highest BCUT2D eigenvalue weighted by atomic mass is 16.5. The van der Waals surface area contributed by atoms with Gasteiger partial charge in [0.15, 0.2) is 0 Å². The molecule has 1 heterocycles. The Labute approximate surface area is 84.3 Å². The highest BCUT2D eigenvalue weighted by Gasteiger charge is 2.08. The van der Waals surface area contributed by atoms with Crippen LogP contribution in [-0.2, 0) is 6.42 Å². The first kappa shape index (κ1) is 9.34. The van der Waals surface area contributed by atoms with Crippen molar-refractivity contribution in [1.82, 2.24) is 0 Å². The Kier molecular flexibility index (Phi) is 2.89. The fourth-order valence-electron chi connectivity index (χ4n) is 1.71. The molecule has 0 bridgehead atoms.